The molecule has 0 aliphatic rings. The van der Waals surface area contributed by atoms with Crippen LogP contribution in [0.2, 0.25) is 0 Å². The lowest BCUT2D eigenvalue weighted by molar-refractivity contribution is -0.106. The van der Waals surface area contributed by atoms with Crippen LogP contribution in [0, 0.1) is 0 Å². The molecule has 0 fully saturated rings. The molecule has 11 heavy (non-hydrogen) atoms. The van der Waals surface area contributed by atoms with E-state index in [9.17, 15) is 0 Å². The topological polar surface area (TPSA) is 49.7 Å². The van der Waals surface area contributed by atoms with Gasteiger partial charge in [-0.05, 0) is 12.8 Å². The van der Waals surface area contributed by atoms with Crippen molar-refractivity contribution in [1.82, 2.24) is 0 Å². The van der Waals surface area contributed by atoms with E-state index >= 15 is 0 Å². The maximum atomic E-state index is 9.07. The molecule has 3 nitrogen and oxygen atoms in total. The standard InChI is InChI=1S/C8H18O3/c1-2-3-7-11-8(10)5-4-6-9/h8-10H,2-7H2,1H3. The first-order valence-electron chi connectivity index (χ1n) is 4.21. The fourth-order valence-electron chi connectivity index (χ4n) is 0.713. The van der Waals surface area contributed by atoms with Gasteiger partial charge < -0.3 is 14.9 Å². The normalized spacial score (nSPS) is 13.4. The van der Waals surface area contributed by atoms with Crippen molar-refractivity contribution in [3.8, 4) is 0 Å². The molecule has 1 unspecified atom stereocenters. The molecule has 3 heteroatoms. The second-order valence-corrected chi connectivity index (χ2v) is 2.54. The number of aliphatic hydroxyl groups excluding tert-OH is 2. The van der Waals surface area contributed by atoms with Gasteiger partial charge in [-0.2, -0.15) is 0 Å². The molecule has 1 atom stereocenters. The Kier molecular flexibility index (Phi) is 7.89. The minimum Gasteiger partial charge on any atom is -0.396 e. The molecule has 0 aliphatic carbocycles. The van der Waals surface area contributed by atoms with Gasteiger partial charge in [0.1, 0.15) is 0 Å². The van der Waals surface area contributed by atoms with Crippen LogP contribution in [-0.4, -0.2) is 29.7 Å². The van der Waals surface area contributed by atoms with Crippen LogP contribution in [0.15, 0.2) is 0 Å². The molecule has 0 aromatic carbocycles. The molecule has 0 aromatic heterocycles. The third-order valence-corrected chi connectivity index (χ3v) is 1.42. The third kappa shape index (κ3) is 7.78. The van der Waals surface area contributed by atoms with E-state index in [1.54, 1.807) is 0 Å². The quantitative estimate of drug-likeness (QED) is 0.432. The van der Waals surface area contributed by atoms with Gasteiger partial charge in [-0.1, -0.05) is 13.3 Å². The molecule has 0 aliphatic heterocycles. The van der Waals surface area contributed by atoms with Gasteiger partial charge in [-0.3, -0.25) is 0 Å². The maximum absolute atomic E-state index is 9.07. The number of aliphatic hydroxyl groups is 2. The largest absolute Gasteiger partial charge is 0.396 e. The van der Waals surface area contributed by atoms with Crippen molar-refractivity contribution in [3.63, 3.8) is 0 Å². The van der Waals surface area contributed by atoms with E-state index < -0.39 is 6.29 Å². The Morgan fingerprint density at radius 2 is 2.09 bits per heavy atom. The van der Waals surface area contributed by atoms with Crippen LogP contribution in [0.3, 0.4) is 0 Å². The Labute approximate surface area is 68.0 Å². The van der Waals surface area contributed by atoms with E-state index in [0.717, 1.165) is 12.8 Å². The van der Waals surface area contributed by atoms with E-state index in [0.29, 0.717) is 19.4 Å². The van der Waals surface area contributed by atoms with E-state index in [2.05, 4.69) is 6.92 Å². The summed E-state index contributed by atoms with van der Waals surface area (Å²) in [5, 5.41) is 17.5. The second-order valence-electron chi connectivity index (χ2n) is 2.54. The van der Waals surface area contributed by atoms with E-state index in [1.807, 2.05) is 0 Å². The third-order valence-electron chi connectivity index (χ3n) is 1.42. The molecule has 0 aromatic rings. The molecule has 0 bridgehead atoms. The SMILES string of the molecule is CCCCOC(O)CCCO. The predicted octanol–water partition coefficient (Wildman–Crippen LogP) is 0.894. The minimum atomic E-state index is -0.686. The van der Waals surface area contributed by atoms with Crippen LogP contribution >= 0.6 is 0 Å². The smallest absolute Gasteiger partial charge is 0.154 e. The van der Waals surface area contributed by atoms with Crippen LogP contribution in [0.25, 0.3) is 0 Å². The second kappa shape index (κ2) is 7.98. The molecular formula is C8H18O3. The fraction of sp³-hybridized carbons (Fsp3) is 1.00. The molecule has 0 heterocycles. The molecular weight excluding hydrogens is 144 g/mol. The zero-order valence-corrected chi connectivity index (χ0v) is 7.12. The Bertz CT molecular complexity index is 75.7. The highest BCUT2D eigenvalue weighted by Gasteiger charge is 2.01. The molecule has 0 spiro atoms. The van der Waals surface area contributed by atoms with Crippen molar-refractivity contribution in [1.29, 1.82) is 0 Å². The van der Waals surface area contributed by atoms with Crippen molar-refractivity contribution in [2.75, 3.05) is 13.2 Å². The summed E-state index contributed by atoms with van der Waals surface area (Å²) >= 11 is 0. The van der Waals surface area contributed by atoms with E-state index in [-0.39, 0.29) is 6.61 Å². The Balaban J connectivity index is 3.02. The van der Waals surface area contributed by atoms with Gasteiger partial charge in [0, 0.05) is 19.6 Å². The van der Waals surface area contributed by atoms with Gasteiger partial charge >= 0.3 is 0 Å². The molecule has 0 radical (unpaired) electrons. The first-order valence-corrected chi connectivity index (χ1v) is 4.21. The highest BCUT2D eigenvalue weighted by Crippen LogP contribution is 1.99. The van der Waals surface area contributed by atoms with Gasteiger partial charge in [0.05, 0.1) is 0 Å². The first kappa shape index (κ1) is 10.9. The average molecular weight is 162 g/mol. The molecule has 0 amide bonds. The van der Waals surface area contributed by atoms with Crippen LogP contribution < -0.4 is 0 Å². The average Bonchev–Trinajstić information content (AvgIpc) is 2.01. The lowest BCUT2D eigenvalue weighted by atomic mass is 10.3. The number of rotatable bonds is 7. The fourth-order valence-corrected chi connectivity index (χ4v) is 0.713. The summed E-state index contributed by atoms with van der Waals surface area (Å²) in [6, 6.07) is 0. The van der Waals surface area contributed by atoms with Gasteiger partial charge in [-0.25, -0.2) is 0 Å². The molecule has 0 saturated heterocycles. The lowest BCUT2D eigenvalue weighted by Crippen LogP contribution is -2.13. The maximum Gasteiger partial charge on any atom is 0.154 e. The van der Waals surface area contributed by atoms with Crippen molar-refractivity contribution in [2.45, 2.75) is 38.9 Å². The monoisotopic (exact) mass is 162 g/mol. The van der Waals surface area contributed by atoms with Crippen molar-refractivity contribution < 1.29 is 14.9 Å². The van der Waals surface area contributed by atoms with Crippen LogP contribution in [0.4, 0.5) is 0 Å². The van der Waals surface area contributed by atoms with E-state index in [4.69, 9.17) is 14.9 Å². The molecule has 2 N–H and O–H groups in total. The van der Waals surface area contributed by atoms with E-state index in [1.165, 1.54) is 0 Å². The van der Waals surface area contributed by atoms with Crippen LogP contribution in [0.5, 0.6) is 0 Å². The predicted molar refractivity (Wildman–Crippen MR) is 43.2 cm³/mol. The molecule has 68 valence electrons. The summed E-state index contributed by atoms with van der Waals surface area (Å²) in [6.45, 7) is 2.81. The summed E-state index contributed by atoms with van der Waals surface area (Å²) in [4.78, 5) is 0. The number of ether oxygens (including phenoxy) is 1. The minimum absolute atomic E-state index is 0.119. The number of hydrogen-bond donors (Lipinski definition) is 2. The summed E-state index contributed by atoms with van der Waals surface area (Å²) in [6.07, 6.45) is 2.50. The van der Waals surface area contributed by atoms with Gasteiger partial charge in [0.15, 0.2) is 6.29 Å². The van der Waals surface area contributed by atoms with Crippen LogP contribution in [0.1, 0.15) is 32.6 Å². The zero-order valence-electron chi connectivity index (χ0n) is 7.12. The summed E-state index contributed by atoms with van der Waals surface area (Å²) in [5.74, 6) is 0. The summed E-state index contributed by atoms with van der Waals surface area (Å²) in [5.41, 5.74) is 0. The highest BCUT2D eigenvalue weighted by molar-refractivity contribution is 4.42. The Morgan fingerprint density at radius 1 is 1.36 bits per heavy atom. The lowest BCUT2D eigenvalue weighted by Gasteiger charge is -2.09. The Morgan fingerprint density at radius 3 is 2.64 bits per heavy atom. The zero-order chi connectivity index (χ0) is 8.53. The van der Waals surface area contributed by atoms with Crippen molar-refractivity contribution >= 4 is 0 Å². The van der Waals surface area contributed by atoms with Gasteiger partial charge in [0.2, 0.25) is 0 Å². The Hall–Kier alpha value is -0.120. The summed E-state index contributed by atoms with van der Waals surface area (Å²) < 4.78 is 5.03. The summed E-state index contributed by atoms with van der Waals surface area (Å²) in [7, 11) is 0. The first-order chi connectivity index (χ1) is 5.31. The number of unbranched alkanes of at least 4 members (excludes halogenated alkanes) is 1. The highest BCUT2D eigenvalue weighted by atomic mass is 16.6. The molecule has 0 saturated carbocycles. The van der Waals surface area contributed by atoms with Gasteiger partial charge in [-0.15, -0.1) is 0 Å². The van der Waals surface area contributed by atoms with Crippen molar-refractivity contribution in [3.05, 3.63) is 0 Å². The van der Waals surface area contributed by atoms with Gasteiger partial charge in [0.25, 0.3) is 0 Å². The van der Waals surface area contributed by atoms with Crippen molar-refractivity contribution in [2.24, 2.45) is 0 Å². The molecule has 0 rings (SSSR count). The number of hydrogen-bond acceptors (Lipinski definition) is 3. The van der Waals surface area contributed by atoms with Crippen LogP contribution in [-0.2, 0) is 4.74 Å².